The third-order valence-electron chi connectivity index (χ3n) is 3.44. The first-order chi connectivity index (χ1) is 10.4. The fraction of sp³-hybridized carbons (Fsp3) is 0.235. The molecule has 4 heteroatoms. The van der Waals surface area contributed by atoms with Gasteiger partial charge in [-0.25, -0.2) is 0 Å². The van der Waals surface area contributed by atoms with E-state index in [0.29, 0.717) is 19.8 Å². The van der Waals surface area contributed by atoms with Crippen molar-refractivity contribution in [3.05, 3.63) is 64.8 Å². The Hall–Kier alpha value is -1.75. The molecular formula is C17H18N2OS. The predicted octanol–water partition coefficient (Wildman–Crippen LogP) is 3.51. The molecule has 0 aliphatic carbocycles. The summed E-state index contributed by atoms with van der Waals surface area (Å²) in [7, 11) is 0. The van der Waals surface area contributed by atoms with Crippen LogP contribution in [0.5, 0.6) is 0 Å². The van der Waals surface area contributed by atoms with Crippen LogP contribution in [0.3, 0.4) is 0 Å². The maximum atomic E-state index is 5.85. The topological polar surface area (TPSA) is 48.1 Å². The Morgan fingerprint density at radius 2 is 1.95 bits per heavy atom. The van der Waals surface area contributed by atoms with Gasteiger partial charge in [0, 0.05) is 40.0 Å². The molecule has 0 unspecified atom stereocenters. The number of aromatic nitrogens is 1. The molecule has 0 saturated carbocycles. The van der Waals surface area contributed by atoms with Gasteiger partial charge >= 0.3 is 0 Å². The predicted molar refractivity (Wildman–Crippen MR) is 87.3 cm³/mol. The van der Waals surface area contributed by atoms with E-state index >= 15 is 0 Å². The minimum atomic E-state index is 0.568. The lowest BCUT2D eigenvalue weighted by molar-refractivity contribution is 0.124. The molecule has 2 N–H and O–H groups in total. The van der Waals surface area contributed by atoms with Crippen molar-refractivity contribution in [1.82, 2.24) is 4.98 Å². The third kappa shape index (κ3) is 3.29. The molecule has 0 radical (unpaired) electrons. The fourth-order valence-electron chi connectivity index (χ4n) is 2.37. The number of nitrogens with two attached hydrogens (primary N) is 1. The highest BCUT2D eigenvalue weighted by Crippen LogP contribution is 2.31. The van der Waals surface area contributed by atoms with Crippen LogP contribution in [0.1, 0.15) is 16.1 Å². The van der Waals surface area contributed by atoms with E-state index in [-0.39, 0.29) is 0 Å². The van der Waals surface area contributed by atoms with Crippen molar-refractivity contribution in [2.24, 2.45) is 5.73 Å². The zero-order valence-electron chi connectivity index (χ0n) is 11.8. The first-order valence-corrected chi connectivity index (χ1v) is 7.87. The van der Waals surface area contributed by atoms with Crippen molar-refractivity contribution in [2.75, 3.05) is 6.61 Å². The van der Waals surface area contributed by atoms with Gasteiger partial charge in [0.2, 0.25) is 0 Å². The van der Waals surface area contributed by atoms with Crippen LogP contribution < -0.4 is 5.73 Å². The molecule has 0 bridgehead atoms. The number of pyridine rings is 1. The zero-order valence-corrected chi connectivity index (χ0v) is 12.6. The molecule has 0 amide bonds. The molecule has 0 saturated heterocycles. The summed E-state index contributed by atoms with van der Waals surface area (Å²) in [6.07, 6.45) is 2.65. The second-order valence-electron chi connectivity index (χ2n) is 4.83. The number of hydrogen-bond donors (Lipinski definition) is 1. The van der Waals surface area contributed by atoms with E-state index in [9.17, 15) is 0 Å². The van der Waals surface area contributed by atoms with Gasteiger partial charge in [-0.1, -0.05) is 24.3 Å². The van der Waals surface area contributed by atoms with Crippen molar-refractivity contribution < 1.29 is 4.74 Å². The molecule has 3 aromatic rings. The molecule has 0 spiro atoms. The zero-order chi connectivity index (χ0) is 14.5. The summed E-state index contributed by atoms with van der Waals surface area (Å²) in [6, 6.07) is 14.3. The Labute approximate surface area is 128 Å². The van der Waals surface area contributed by atoms with E-state index in [4.69, 9.17) is 10.5 Å². The van der Waals surface area contributed by atoms with Crippen LogP contribution in [0.25, 0.3) is 10.1 Å². The molecule has 21 heavy (non-hydrogen) atoms. The van der Waals surface area contributed by atoms with Gasteiger partial charge in [-0.15, -0.1) is 11.3 Å². The first kappa shape index (κ1) is 14.2. The SMILES string of the molecule is NCc1sc2ccccc2c1COCCc1ccccn1. The van der Waals surface area contributed by atoms with Crippen LogP contribution in [0.2, 0.25) is 0 Å². The highest BCUT2D eigenvalue weighted by atomic mass is 32.1. The summed E-state index contributed by atoms with van der Waals surface area (Å²) < 4.78 is 7.12. The molecule has 108 valence electrons. The normalized spacial score (nSPS) is 11.1. The number of nitrogens with zero attached hydrogens (tertiary/aromatic N) is 1. The van der Waals surface area contributed by atoms with Crippen LogP contribution in [0, 0.1) is 0 Å². The summed E-state index contributed by atoms with van der Waals surface area (Å²) >= 11 is 1.76. The Morgan fingerprint density at radius 1 is 1.10 bits per heavy atom. The van der Waals surface area contributed by atoms with Gasteiger partial charge in [0.25, 0.3) is 0 Å². The minimum absolute atomic E-state index is 0.568. The summed E-state index contributed by atoms with van der Waals surface area (Å²) in [6.45, 7) is 1.85. The number of ether oxygens (including phenoxy) is 1. The van der Waals surface area contributed by atoms with Crippen molar-refractivity contribution in [2.45, 2.75) is 19.6 Å². The molecule has 0 fully saturated rings. The lowest BCUT2D eigenvalue weighted by Gasteiger charge is -2.05. The molecule has 2 heterocycles. The van der Waals surface area contributed by atoms with Gasteiger partial charge in [-0.05, 0) is 23.6 Å². The van der Waals surface area contributed by atoms with Crippen LogP contribution in [0.4, 0.5) is 0 Å². The van der Waals surface area contributed by atoms with Crippen molar-refractivity contribution >= 4 is 21.4 Å². The summed E-state index contributed by atoms with van der Waals surface area (Å²) in [4.78, 5) is 5.52. The van der Waals surface area contributed by atoms with Crippen molar-refractivity contribution in [3.8, 4) is 0 Å². The molecule has 3 nitrogen and oxygen atoms in total. The molecular weight excluding hydrogens is 280 g/mol. The lowest BCUT2D eigenvalue weighted by atomic mass is 10.1. The van der Waals surface area contributed by atoms with Crippen LogP contribution >= 0.6 is 11.3 Å². The van der Waals surface area contributed by atoms with E-state index in [2.05, 4.69) is 29.2 Å². The summed E-state index contributed by atoms with van der Waals surface area (Å²) in [5.74, 6) is 0. The first-order valence-electron chi connectivity index (χ1n) is 7.05. The van der Waals surface area contributed by atoms with E-state index in [1.807, 2.05) is 24.4 Å². The lowest BCUT2D eigenvalue weighted by Crippen LogP contribution is -2.03. The monoisotopic (exact) mass is 298 g/mol. The molecule has 0 aliphatic heterocycles. The Kier molecular flexibility index (Phi) is 4.60. The molecule has 2 aromatic heterocycles. The Balaban J connectivity index is 1.65. The molecule has 0 atom stereocenters. The largest absolute Gasteiger partial charge is 0.376 e. The van der Waals surface area contributed by atoms with E-state index in [1.54, 1.807) is 11.3 Å². The Bertz CT molecular complexity index is 709. The van der Waals surface area contributed by atoms with Gasteiger partial charge < -0.3 is 10.5 Å². The molecule has 1 aromatic carbocycles. The molecule has 0 aliphatic rings. The number of hydrogen-bond acceptors (Lipinski definition) is 4. The van der Waals surface area contributed by atoms with Crippen LogP contribution in [-0.4, -0.2) is 11.6 Å². The summed E-state index contributed by atoms with van der Waals surface area (Å²) in [5.41, 5.74) is 8.15. The third-order valence-corrected chi connectivity index (χ3v) is 4.68. The van der Waals surface area contributed by atoms with Gasteiger partial charge in [0.15, 0.2) is 0 Å². The van der Waals surface area contributed by atoms with Crippen molar-refractivity contribution in [3.63, 3.8) is 0 Å². The fourth-order valence-corrected chi connectivity index (χ4v) is 3.46. The van der Waals surface area contributed by atoms with E-state index in [0.717, 1.165) is 12.1 Å². The van der Waals surface area contributed by atoms with Gasteiger partial charge in [-0.3, -0.25) is 4.98 Å². The van der Waals surface area contributed by atoms with E-state index < -0.39 is 0 Å². The number of thiophene rings is 1. The standard InChI is InChI=1S/C17H18N2OS/c18-11-17-15(14-6-1-2-7-16(14)21-17)12-20-10-8-13-5-3-4-9-19-13/h1-7,9H,8,10-12,18H2. The highest BCUT2D eigenvalue weighted by Gasteiger charge is 2.10. The highest BCUT2D eigenvalue weighted by molar-refractivity contribution is 7.19. The number of fused-ring (bicyclic) bond motifs is 1. The second-order valence-corrected chi connectivity index (χ2v) is 5.96. The smallest absolute Gasteiger partial charge is 0.0734 e. The maximum absolute atomic E-state index is 5.85. The van der Waals surface area contributed by atoms with Gasteiger partial charge in [0.05, 0.1) is 13.2 Å². The average Bonchev–Trinajstić information content (AvgIpc) is 2.90. The second kappa shape index (κ2) is 6.80. The number of rotatable bonds is 6. The quantitative estimate of drug-likeness (QED) is 0.708. The summed E-state index contributed by atoms with van der Waals surface area (Å²) in [5, 5.41) is 1.26. The van der Waals surface area contributed by atoms with E-state index in [1.165, 1.54) is 20.5 Å². The molecule has 3 rings (SSSR count). The van der Waals surface area contributed by atoms with Crippen LogP contribution in [0.15, 0.2) is 48.7 Å². The van der Waals surface area contributed by atoms with Gasteiger partial charge in [-0.2, -0.15) is 0 Å². The number of benzene rings is 1. The van der Waals surface area contributed by atoms with Crippen LogP contribution in [-0.2, 0) is 24.3 Å². The maximum Gasteiger partial charge on any atom is 0.0734 e. The average molecular weight is 298 g/mol. The van der Waals surface area contributed by atoms with Gasteiger partial charge in [0.1, 0.15) is 0 Å². The Morgan fingerprint density at radius 3 is 2.76 bits per heavy atom. The van der Waals surface area contributed by atoms with Crippen molar-refractivity contribution in [1.29, 1.82) is 0 Å². The minimum Gasteiger partial charge on any atom is -0.376 e.